The highest BCUT2D eigenvalue weighted by atomic mass is 32.1. The van der Waals surface area contributed by atoms with Gasteiger partial charge in [-0.3, -0.25) is 10.1 Å². The normalized spacial score (nSPS) is 10.4. The van der Waals surface area contributed by atoms with E-state index in [0.717, 1.165) is 16.4 Å². The Morgan fingerprint density at radius 3 is 2.55 bits per heavy atom. The van der Waals surface area contributed by atoms with Crippen molar-refractivity contribution >= 4 is 28.7 Å². The molecule has 0 radical (unpaired) electrons. The van der Waals surface area contributed by atoms with Crippen LogP contribution in [0.3, 0.4) is 0 Å². The Kier molecular flexibility index (Phi) is 3.75. The average molecular weight is 313 g/mol. The van der Waals surface area contributed by atoms with E-state index in [4.69, 9.17) is 0 Å². The Labute approximate surface area is 129 Å². The molecule has 0 aliphatic carbocycles. The van der Waals surface area contributed by atoms with Gasteiger partial charge in [0.15, 0.2) is 0 Å². The van der Waals surface area contributed by atoms with Gasteiger partial charge in [-0.05, 0) is 25.1 Å². The lowest BCUT2D eigenvalue weighted by molar-refractivity contribution is -0.384. The van der Waals surface area contributed by atoms with Gasteiger partial charge in [0.1, 0.15) is 5.69 Å². The summed E-state index contributed by atoms with van der Waals surface area (Å²) < 4.78 is 0. The summed E-state index contributed by atoms with van der Waals surface area (Å²) in [5.74, 6) is 0.414. The molecular formula is C14H11N5O2S. The molecule has 8 heteroatoms. The van der Waals surface area contributed by atoms with E-state index in [0.29, 0.717) is 11.6 Å². The monoisotopic (exact) mass is 313 g/mol. The van der Waals surface area contributed by atoms with E-state index in [1.165, 1.54) is 12.1 Å². The highest BCUT2D eigenvalue weighted by molar-refractivity contribution is 7.09. The molecule has 2 aromatic heterocycles. The molecule has 0 fully saturated rings. The predicted octanol–water partition coefficient (Wildman–Crippen LogP) is 3.56. The molecular weight excluding hydrogens is 302 g/mol. The van der Waals surface area contributed by atoms with Crippen LogP contribution in [0.5, 0.6) is 0 Å². The van der Waals surface area contributed by atoms with Crippen molar-refractivity contribution < 1.29 is 4.92 Å². The van der Waals surface area contributed by atoms with E-state index in [-0.39, 0.29) is 5.69 Å². The molecule has 1 aromatic carbocycles. The van der Waals surface area contributed by atoms with E-state index in [1.807, 2.05) is 12.3 Å². The first-order chi connectivity index (χ1) is 10.6. The van der Waals surface area contributed by atoms with Crippen LogP contribution < -0.4 is 5.32 Å². The van der Waals surface area contributed by atoms with Crippen LogP contribution in [0.25, 0.3) is 11.4 Å². The van der Waals surface area contributed by atoms with E-state index in [2.05, 4.69) is 20.3 Å². The number of nitro groups is 1. The van der Waals surface area contributed by atoms with E-state index in [1.54, 1.807) is 35.7 Å². The number of rotatable bonds is 4. The van der Waals surface area contributed by atoms with E-state index >= 15 is 0 Å². The van der Waals surface area contributed by atoms with Gasteiger partial charge >= 0.3 is 0 Å². The fourth-order valence-corrected chi connectivity index (χ4v) is 2.44. The molecule has 0 atom stereocenters. The number of nitro benzene ring substituents is 1. The van der Waals surface area contributed by atoms with Crippen LogP contribution >= 0.6 is 11.3 Å². The van der Waals surface area contributed by atoms with Gasteiger partial charge in [0.2, 0.25) is 5.95 Å². The molecule has 0 unspecified atom stereocenters. The molecule has 110 valence electrons. The van der Waals surface area contributed by atoms with E-state index in [9.17, 15) is 10.1 Å². The fourth-order valence-electron chi connectivity index (χ4n) is 1.84. The molecule has 0 bridgehead atoms. The van der Waals surface area contributed by atoms with Crippen molar-refractivity contribution in [3.63, 3.8) is 0 Å². The molecule has 0 saturated carbocycles. The molecule has 3 rings (SSSR count). The van der Waals surface area contributed by atoms with Gasteiger partial charge in [-0.15, -0.1) is 11.3 Å². The molecule has 22 heavy (non-hydrogen) atoms. The molecule has 0 aliphatic rings. The second-order valence-corrected chi connectivity index (χ2v) is 5.51. The second kappa shape index (κ2) is 5.86. The minimum atomic E-state index is -0.439. The van der Waals surface area contributed by atoms with E-state index < -0.39 is 4.92 Å². The van der Waals surface area contributed by atoms with Crippen LogP contribution in [0.15, 0.2) is 41.9 Å². The Morgan fingerprint density at radius 2 is 1.91 bits per heavy atom. The first kappa shape index (κ1) is 14.1. The minimum absolute atomic E-state index is 0.0400. The summed E-state index contributed by atoms with van der Waals surface area (Å²) in [7, 11) is 0. The Balaban J connectivity index is 1.82. The molecule has 0 spiro atoms. The number of anilines is 2. The third-order valence-corrected chi connectivity index (χ3v) is 3.64. The standard InChI is InChI=1S/C14H11N5O2S/c1-9-16-13(8-22-9)12-6-7-15-14(18-12)17-10-2-4-11(5-3-10)19(20)21/h2-8H,1H3,(H,15,17,18). The van der Waals surface area contributed by atoms with Crippen LogP contribution in [0.2, 0.25) is 0 Å². The molecule has 7 nitrogen and oxygen atoms in total. The first-order valence-electron chi connectivity index (χ1n) is 6.39. The summed E-state index contributed by atoms with van der Waals surface area (Å²) in [4.78, 5) is 23.1. The number of aromatic nitrogens is 3. The van der Waals surface area contributed by atoms with Gasteiger partial charge in [0, 0.05) is 29.4 Å². The first-order valence-corrected chi connectivity index (χ1v) is 7.27. The maximum absolute atomic E-state index is 10.6. The zero-order valence-corrected chi connectivity index (χ0v) is 12.4. The fraction of sp³-hybridized carbons (Fsp3) is 0.0714. The molecule has 0 aliphatic heterocycles. The zero-order valence-electron chi connectivity index (χ0n) is 11.6. The largest absolute Gasteiger partial charge is 0.324 e. The van der Waals surface area contributed by atoms with Crippen molar-refractivity contribution in [3.8, 4) is 11.4 Å². The van der Waals surface area contributed by atoms with Crippen LogP contribution in [-0.4, -0.2) is 19.9 Å². The smallest absolute Gasteiger partial charge is 0.269 e. The van der Waals surface area contributed by atoms with Gasteiger partial charge in [-0.25, -0.2) is 15.0 Å². The lowest BCUT2D eigenvalue weighted by Gasteiger charge is -2.05. The lowest BCUT2D eigenvalue weighted by atomic mass is 10.3. The predicted molar refractivity (Wildman–Crippen MR) is 84.3 cm³/mol. The van der Waals surface area contributed by atoms with Crippen molar-refractivity contribution in [2.24, 2.45) is 0 Å². The highest BCUT2D eigenvalue weighted by Gasteiger charge is 2.07. The summed E-state index contributed by atoms with van der Waals surface area (Å²) in [6, 6.07) is 7.86. The Morgan fingerprint density at radius 1 is 1.14 bits per heavy atom. The van der Waals surface area contributed by atoms with Crippen molar-refractivity contribution in [1.29, 1.82) is 0 Å². The summed E-state index contributed by atoms with van der Waals surface area (Å²) in [5, 5.41) is 16.6. The second-order valence-electron chi connectivity index (χ2n) is 4.45. The molecule has 0 saturated heterocycles. The summed E-state index contributed by atoms with van der Waals surface area (Å²) >= 11 is 1.56. The zero-order chi connectivity index (χ0) is 15.5. The SMILES string of the molecule is Cc1nc(-c2ccnc(Nc3ccc([N+](=O)[O-])cc3)n2)cs1. The van der Waals surface area contributed by atoms with Crippen LogP contribution in [0.4, 0.5) is 17.3 Å². The number of nitrogens with one attached hydrogen (secondary N) is 1. The van der Waals surface area contributed by atoms with Crippen molar-refractivity contribution in [1.82, 2.24) is 15.0 Å². The highest BCUT2D eigenvalue weighted by Crippen LogP contribution is 2.22. The maximum Gasteiger partial charge on any atom is 0.269 e. The third kappa shape index (κ3) is 3.07. The van der Waals surface area contributed by atoms with Crippen molar-refractivity contribution in [2.75, 3.05) is 5.32 Å². The van der Waals surface area contributed by atoms with Gasteiger partial charge in [0.05, 0.1) is 15.6 Å². The number of thiazole rings is 1. The molecule has 0 amide bonds. The topological polar surface area (TPSA) is 93.8 Å². The number of hydrogen-bond acceptors (Lipinski definition) is 7. The van der Waals surface area contributed by atoms with Gasteiger partial charge in [-0.2, -0.15) is 0 Å². The maximum atomic E-state index is 10.6. The van der Waals surface area contributed by atoms with Gasteiger partial charge in [-0.1, -0.05) is 0 Å². The van der Waals surface area contributed by atoms with Crippen LogP contribution in [0, 0.1) is 17.0 Å². The van der Waals surface area contributed by atoms with Crippen molar-refractivity contribution in [2.45, 2.75) is 6.92 Å². The number of aryl methyl sites for hydroxylation is 1. The number of non-ortho nitro benzene ring substituents is 1. The number of benzene rings is 1. The number of nitrogens with zero attached hydrogens (tertiary/aromatic N) is 4. The average Bonchev–Trinajstić information content (AvgIpc) is 2.95. The van der Waals surface area contributed by atoms with Gasteiger partial charge in [0.25, 0.3) is 5.69 Å². The van der Waals surface area contributed by atoms with Crippen molar-refractivity contribution in [3.05, 3.63) is 57.0 Å². The molecule has 2 heterocycles. The Bertz CT molecular complexity index is 816. The molecule has 3 aromatic rings. The Hall–Kier alpha value is -2.87. The van der Waals surface area contributed by atoms with Crippen LogP contribution in [-0.2, 0) is 0 Å². The third-order valence-electron chi connectivity index (χ3n) is 2.87. The summed E-state index contributed by atoms with van der Waals surface area (Å²) in [6.07, 6.45) is 1.64. The quantitative estimate of drug-likeness (QED) is 0.584. The minimum Gasteiger partial charge on any atom is -0.324 e. The number of hydrogen-bond donors (Lipinski definition) is 1. The summed E-state index contributed by atoms with van der Waals surface area (Å²) in [5.41, 5.74) is 2.25. The summed E-state index contributed by atoms with van der Waals surface area (Å²) in [6.45, 7) is 1.94. The van der Waals surface area contributed by atoms with Gasteiger partial charge < -0.3 is 5.32 Å². The lowest BCUT2D eigenvalue weighted by Crippen LogP contribution is -1.98. The molecule has 1 N–H and O–H groups in total. The van der Waals surface area contributed by atoms with Crippen LogP contribution in [0.1, 0.15) is 5.01 Å².